The van der Waals surface area contributed by atoms with Crippen molar-refractivity contribution in [2.75, 3.05) is 13.2 Å². The summed E-state index contributed by atoms with van der Waals surface area (Å²) in [7, 11) is 0. The fraction of sp³-hybridized carbons (Fsp3) is 0.647. The van der Waals surface area contributed by atoms with E-state index in [9.17, 15) is 0 Å². The molecule has 0 aliphatic heterocycles. The first-order chi connectivity index (χ1) is 9.11. The maximum atomic E-state index is 5.90. The van der Waals surface area contributed by atoms with Crippen molar-refractivity contribution in [2.24, 2.45) is 11.8 Å². The molecule has 0 spiro atoms. The van der Waals surface area contributed by atoms with Gasteiger partial charge in [0, 0.05) is 11.6 Å². The maximum absolute atomic E-state index is 5.90. The van der Waals surface area contributed by atoms with Crippen molar-refractivity contribution in [3.8, 4) is 5.75 Å². The molecular weight excluding hydrogens is 234 g/mol. The van der Waals surface area contributed by atoms with Crippen LogP contribution >= 0.6 is 0 Å². The molecule has 0 aromatic heterocycles. The van der Waals surface area contributed by atoms with Crippen LogP contribution in [0.1, 0.15) is 52.6 Å². The van der Waals surface area contributed by atoms with Crippen LogP contribution in [0.4, 0.5) is 0 Å². The fourth-order valence-corrected chi connectivity index (χ4v) is 2.26. The summed E-state index contributed by atoms with van der Waals surface area (Å²) in [5, 5.41) is 3.62. The zero-order valence-corrected chi connectivity index (χ0v) is 13.1. The van der Waals surface area contributed by atoms with Crippen LogP contribution in [0.5, 0.6) is 5.75 Å². The molecular formula is C17H29NO. The first-order valence-corrected chi connectivity index (χ1v) is 7.56. The molecule has 19 heavy (non-hydrogen) atoms. The van der Waals surface area contributed by atoms with E-state index in [0.29, 0.717) is 17.9 Å². The van der Waals surface area contributed by atoms with Crippen molar-refractivity contribution in [1.29, 1.82) is 0 Å². The second-order valence-electron chi connectivity index (χ2n) is 5.52. The van der Waals surface area contributed by atoms with Crippen molar-refractivity contribution in [2.45, 2.75) is 47.1 Å². The molecule has 2 nitrogen and oxygen atoms in total. The number of para-hydroxylation sites is 1. The predicted octanol–water partition coefficient (Wildman–Crippen LogP) is 4.42. The lowest BCUT2D eigenvalue weighted by atomic mass is 9.85. The molecule has 2 unspecified atom stereocenters. The van der Waals surface area contributed by atoms with E-state index >= 15 is 0 Å². The molecule has 0 heterocycles. The van der Waals surface area contributed by atoms with Crippen LogP contribution in [-0.2, 0) is 0 Å². The minimum Gasteiger partial charge on any atom is -0.493 e. The van der Waals surface area contributed by atoms with E-state index < -0.39 is 0 Å². The molecule has 0 bridgehead atoms. The van der Waals surface area contributed by atoms with Crippen LogP contribution in [0.25, 0.3) is 0 Å². The highest BCUT2D eigenvalue weighted by Crippen LogP contribution is 2.33. The zero-order chi connectivity index (χ0) is 14.3. The van der Waals surface area contributed by atoms with Crippen LogP contribution in [0.3, 0.4) is 0 Å². The fourth-order valence-electron chi connectivity index (χ4n) is 2.26. The minimum absolute atomic E-state index is 0.359. The van der Waals surface area contributed by atoms with E-state index in [2.05, 4.69) is 64.2 Å². The van der Waals surface area contributed by atoms with E-state index in [0.717, 1.165) is 25.3 Å². The highest BCUT2D eigenvalue weighted by atomic mass is 16.5. The Bertz CT molecular complexity index is 362. The van der Waals surface area contributed by atoms with Crippen LogP contribution in [0, 0.1) is 11.8 Å². The number of ether oxygens (including phenoxy) is 1. The monoisotopic (exact) mass is 263 g/mol. The summed E-state index contributed by atoms with van der Waals surface area (Å²) in [5.41, 5.74) is 1.29. The summed E-state index contributed by atoms with van der Waals surface area (Å²) in [6, 6.07) is 8.79. The van der Waals surface area contributed by atoms with Gasteiger partial charge in [-0.05, 0) is 30.9 Å². The Kier molecular flexibility index (Phi) is 6.93. The lowest BCUT2D eigenvalue weighted by Gasteiger charge is -2.29. The normalized spacial score (nSPS) is 14.4. The van der Waals surface area contributed by atoms with Crippen LogP contribution in [-0.4, -0.2) is 13.2 Å². The summed E-state index contributed by atoms with van der Waals surface area (Å²) in [5.74, 6) is 2.25. The topological polar surface area (TPSA) is 21.3 Å². The third-order valence-electron chi connectivity index (χ3n) is 3.72. The molecule has 1 N–H and O–H groups in total. The highest BCUT2D eigenvalue weighted by Gasteiger charge is 2.23. The van der Waals surface area contributed by atoms with Crippen molar-refractivity contribution < 1.29 is 4.74 Å². The van der Waals surface area contributed by atoms with Gasteiger partial charge in [0.1, 0.15) is 5.75 Å². The molecule has 0 aliphatic rings. The molecule has 1 rings (SSSR count). The minimum atomic E-state index is 0.359. The third-order valence-corrected chi connectivity index (χ3v) is 3.72. The first-order valence-electron chi connectivity index (χ1n) is 7.56. The molecule has 0 saturated heterocycles. The Balaban J connectivity index is 3.00. The van der Waals surface area contributed by atoms with Crippen molar-refractivity contribution >= 4 is 0 Å². The van der Waals surface area contributed by atoms with Crippen LogP contribution < -0.4 is 10.1 Å². The summed E-state index contributed by atoms with van der Waals surface area (Å²) >= 11 is 0. The summed E-state index contributed by atoms with van der Waals surface area (Å²) < 4.78 is 5.90. The number of hydrogen-bond acceptors (Lipinski definition) is 2. The SMILES string of the molecule is CCCOc1ccccc1C(NCC)C(C)C(C)C. The standard InChI is InChI=1S/C17H29NO/c1-6-12-19-16-11-9-8-10-15(16)17(18-7-2)14(5)13(3)4/h8-11,13-14,17-18H,6-7,12H2,1-5H3. The van der Waals surface area contributed by atoms with Gasteiger partial charge >= 0.3 is 0 Å². The number of rotatable bonds is 8. The van der Waals surface area contributed by atoms with E-state index in [1.807, 2.05) is 0 Å². The van der Waals surface area contributed by atoms with Gasteiger partial charge in [-0.1, -0.05) is 52.8 Å². The van der Waals surface area contributed by atoms with Crippen LogP contribution in [0.15, 0.2) is 24.3 Å². The van der Waals surface area contributed by atoms with Gasteiger partial charge in [0.2, 0.25) is 0 Å². The van der Waals surface area contributed by atoms with Crippen molar-refractivity contribution in [1.82, 2.24) is 5.32 Å². The van der Waals surface area contributed by atoms with E-state index in [-0.39, 0.29) is 0 Å². The second-order valence-corrected chi connectivity index (χ2v) is 5.52. The van der Waals surface area contributed by atoms with Gasteiger partial charge in [0.25, 0.3) is 0 Å². The zero-order valence-electron chi connectivity index (χ0n) is 13.1. The van der Waals surface area contributed by atoms with Crippen LogP contribution in [0.2, 0.25) is 0 Å². The Labute approximate surface area is 118 Å². The van der Waals surface area contributed by atoms with Gasteiger partial charge in [-0.15, -0.1) is 0 Å². The molecule has 2 atom stereocenters. The van der Waals surface area contributed by atoms with Gasteiger partial charge in [-0.2, -0.15) is 0 Å². The molecule has 1 aromatic rings. The molecule has 0 aliphatic carbocycles. The first kappa shape index (κ1) is 16.0. The Morgan fingerprint density at radius 1 is 1.11 bits per heavy atom. The average molecular weight is 263 g/mol. The van der Waals surface area contributed by atoms with Gasteiger partial charge in [0.15, 0.2) is 0 Å². The number of hydrogen-bond donors (Lipinski definition) is 1. The smallest absolute Gasteiger partial charge is 0.124 e. The van der Waals surface area contributed by atoms with E-state index in [1.165, 1.54) is 5.56 Å². The maximum Gasteiger partial charge on any atom is 0.124 e. The number of benzene rings is 1. The molecule has 0 amide bonds. The van der Waals surface area contributed by atoms with Gasteiger partial charge in [-0.25, -0.2) is 0 Å². The average Bonchev–Trinajstić information content (AvgIpc) is 2.42. The Morgan fingerprint density at radius 3 is 2.37 bits per heavy atom. The largest absolute Gasteiger partial charge is 0.493 e. The molecule has 0 saturated carbocycles. The highest BCUT2D eigenvalue weighted by molar-refractivity contribution is 5.36. The van der Waals surface area contributed by atoms with Gasteiger partial charge < -0.3 is 10.1 Å². The lowest BCUT2D eigenvalue weighted by molar-refractivity contribution is 0.280. The van der Waals surface area contributed by atoms with Crippen molar-refractivity contribution in [3.63, 3.8) is 0 Å². The third kappa shape index (κ3) is 4.54. The lowest BCUT2D eigenvalue weighted by Crippen LogP contribution is -2.29. The quantitative estimate of drug-likeness (QED) is 0.749. The summed E-state index contributed by atoms with van der Waals surface area (Å²) in [4.78, 5) is 0. The molecule has 0 radical (unpaired) electrons. The molecule has 0 fully saturated rings. The Morgan fingerprint density at radius 2 is 1.79 bits per heavy atom. The van der Waals surface area contributed by atoms with E-state index in [1.54, 1.807) is 0 Å². The molecule has 2 heteroatoms. The van der Waals surface area contributed by atoms with Gasteiger partial charge in [0.05, 0.1) is 6.61 Å². The van der Waals surface area contributed by atoms with Gasteiger partial charge in [-0.3, -0.25) is 0 Å². The predicted molar refractivity (Wildman–Crippen MR) is 82.6 cm³/mol. The van der Waals surface area contributed by atoms with E-state index in [4.69, 9.17) is 4.74 Å². The molecule has 108 valence electrons. The summed E-state index contributed by atoms with van der Waals surface area (Å²) in [6.07, 6.45) is 1.04. The second kappa shape index (κ2) is 8.21. The summed E-state index contributed by atoms with van der Waals surface area (Å²) in [6.45, 7) is 12.9. The molecule has 1 aromatic carbocycles. The number of nitrogens with one attached hydrogen (secondary N) is 1. The van der Waals surface area contributed by atoms with Crippen molar-refractivity contribution in [3.05, 3.63) is 29.8 Å². The Hall–Kier alpha value is -1.02.